The molecule has 0 bridgehead atoms. The molecule has 2 aromatic heterocycles. The molecule has 0 aliphatic carbocycles. The van der Waals surface area contributed by atoms with Crippen LogP contribution >= 0.6 is 11.3 Å². The molecular formula is C15H11F3N2OS. The van der Waals surface area contributed by atoms with E-state index in [0.717, 1.165) is 21.8 Å². The number of nitrogens with one attached hydrogen (secondary N) is 1. The second kappa shape index (κ2) is 5.84. The molecule has 7 heteroatoms. The lowest BCUT2D eigenvalue weighted by Gasteiger charge is -2.09. The van der Waals surface area contributed by atoms with Gasteiger partial charge in [0, 0.05) is 5.56 Å². The van der Waals surface area contributed by atoms with Crippen LogP contribution in [0.4, 0.5) is 13.2 Å². The molecule has 0 saturated carbocycles. The number of aromatic amines is 1. The van der Waals surface area contributed by atoms with E-state index >= 15 is 0 Å². The lowest BCUT2D eigenvalue weighted by molar-refractivity contribution is -0.153. The zero-order chi connectivity index (χ0) is 15.6. The van der Waals surface area contributed by atoms with E-state index in [1.54, 1.807) is 23.5 Å². The molecule has 0 aliphatic heterocycles. The topological polar surface area (TPSA) is 37.9 Å². The van der Waals surface area contributed by atoms with Gasteiger partial charge in [0.2, 0.25) is 0 Å². The predicted molar refractivity (Wildman–Crippen MR) is 78.9 cm³/mol. The van der Waals surface area contributed by atoms with Crippen LogP contribution in [0.1, 0.15) is 0 Å². The number of hydrogen-bond donors (Lipinski definition) is 1. The van der Waals surface area contributed by atoms with Crippen molar-refractivity contribution in [1.29, 1.82) is 0 Å². The molecule has 3 rings (SSSR count). The summed E-state index contributed by atoms with van der Waals surface area (Å²) in [7, 11) is 0. The van der Waals surface area contributed by atoms with Crippen LogP contribution in [0.3, 0.4) is 0 Å². The van der Waals surface area contributed by atoms with Crippen molar-refractivity contribution in [2.75, 3.05) is 6.61 Å². The SMILES string of the molecule is FC(F)(F)COc1ccc(-c2cc(-c3cccs3)[nH]n2)cc1. The van der Waals surface area contributed by atoms with E-state index in [9.17, 15) is 13.2 Å². The summed E-state index contributed by atoms with van der Waals surface area (Å²) in [5.74, 6) is 0.176. The highest BCUT2D eigenvalue weighted by Gasteiger charge is 2.28. The molecule has 0 radical (unpaired) electrons. The molecule has 0 amide bonds. The van der Waals surface area contributed by atoms with Gasteiger partial charge in [-0.05, 0) is 41.8 Å². The minimum absolute atomic E-state index is 0.176. The van der Waals surface area contributed by atoms with Crippen LogP contribution in [0, 0.1) is 0 Å². The molecule has 2 heterocycles. The Labute approximate surface area is 128 Å². The molecule has 3 nitrogen and oxygen atoms in total. The number of thiophene rings is 1. The van der Waals surface area contributed by atoms with Gasteiger partial charge in [0.1, 0.15) is 5.75 Å². The molecule has 114 valence electrons. The minimum Gasteiger partial charge on any atom is -0.484 e. The first-order valence-corrected chi connectivity index (χ1v) is 7.28. The predicted octanol–water partition coefficient (Wildman–Crippen LogP) is 4.75. The van der Waals surface area contributed by atoms with E-state index in [4.69, 9.17) is 0 Å². The maximum absolute atomic E-state index is 12.1. The number of benzene rings is 1. The minimum atomic E-state index is -4.34. The summed E-state index contributed by atoms with van der Waals surface area (Å²) < 4.78 is 40.9. The fourth-order valence-electron chi connectivity index (χ4n) is 1.91. The third-order valence-corrected chi connectivity index (χ3v) is 3.82. The van der Waals surface area contributed by atoms with Crippen LogP contribution in [0.15, 0.2) is 47.8 Å². The van der Waals surface area contributed by atoms with Crippen LogP contribution in [0.25, 0.3) is 21.8 Å². The highest BCUT2D eigenvalue weighted by atomic mass is 32.1. The Kier molecular flexibility index (Phi) is 3.89. The molecular weight excluding hydrogens is 313 g/mol. The van der Waals surface area contributed by atoms with Crippen molar-refractivity contribution in [2.24, 2.45) is 0 Å². The van der Waals surface area contributed by atoms with E-state index in [2.05, 4.69) is 14.9 Å². The van der Waals surface area contributed by atoms with Gasteiger partial charge in [0.05, 0.1) is 16.3 Å². The monoisotopic (exact) mass is 324 g/mol. The zero-order valence-corrected chi connectivity index (χ0v) is 12.0. The molecule has 22 heavy (non-hydrogen) atoms. The van der Waals surface area contributed by atoms with Gasteiger partial charge >= 0.3 is 6.18 Å². The number of H-pyrrole nitrogens is 1. The average Bonchev–Trinajstić information content (AvgIpc) is 3.15. The lowest BCUT2D eigenvalue weighted by Crippen LogP contribution is -2.19. The van der Waals surface area contributed by atoms with Gasteiger partial charge < -0.3 is 4.74 Å². The fourth-order valence-corrected chi connectivity index (χ4v) is 2.61. The van der Waals surface area contributed by atoms with Crippen LogP contribution in [-0.4, -0.2) is 23.0 Å². The number of aromatic nitrogens is 2. The van der Waals surface area contributed by atoms with Crippen LogP contribution in [0.2, 0.25) is 0 Å². The van der Waals surface area contributed by atoms with Crippen molar-refractivity contribution in [2.45, 2.75) is 6.18 Å². The second-order valence-corrected chi connectivity index (χ2v) is 5.52. The Morgan fingerprint density at radius 1 is 1.14 bits per heavy atom. The highest BCUT2D eigenvalue weighted by Crippen LogP contribution is 2.28. The first-order chi connectivity index (χ1) is 10.5. The Morgan fingerprint density at radius 3 is 2.55 bits per heavy atom. The number of hydrogen-bond acceptors (Lipinski definition) is 3. The van der Waals surface area contributed by atoms with Gasteiger partial charge in [-0.25, -0.2) is 0 Å². The quantitative estimate of drug-likeness (QED) is 0.752. The summed E-state index contributed by atoms with van der Waals surface area (Å²) in [4.78, 5) is 1.07. The highest BCUT2D eigenvalue weighted by molar-refractivity contribution is 7.13. The maximum Gasteiger partial charge on any atom is 0.422 e. The smallest absolute Gasteiger partial charge is 0.422 e. The van der Waals surface area contributed by atoms with Gasteiger partial charge in [-0.1, -0.05) is 6.07 Å². The van der Waals surface area contributed by atoms with E-state index < -0.39 is 12.8 Å². The Morgan fingerprint density at radius 2 is 1.91 bits per heavy atom. The van der Waals surface area contributed by atoms with Crippen molar-refractivity contribution < 1.29 is 17.9 Å². The standard InChI is InChI=1S/C15H11F3N2OS/c16-15(17,18)9-21-11-5-3-10(4-6-11)12-8-13(20-19-12)14-2-1-7-22-14/h1-8H,9H2,(H,19,20). The van der Waals surface area contributed by atoms with Crippen molar-refractivity contribution in [3.05, 3.63) is 47.8 Å². The second-order valence-electron chi connectivity index (χ2n) is 4.57. The summed E-state index contributed by atoms with van der Waals surface area (Å²) in [6.07, 6.45) is -4.34. The molecule has 0 atom stereocenters. The van der Waals surface area contributed by atoms with E-state index in [1.807, 2.05) is 23.6 Å². The number of alkyl halides is 3. The number of ether oxygens (including phenoxy) is 1. The van der Waals surface area contributed by atoms with Crippen LogP contribution < -0.4 is 4.74 Å². The van der Waals surface area contributed by atoms with Gasteiger partial charge in [-0.3, -0.25) is 5.10 Å². The molecule has 3 aromatic rings. The summed E-state index contributed by atoms with van der Waals surface area (Å²) in [6, 6.07) is 12.2. The van der Waals surface area contributed by atoms with Crippen molar-refractivity contribution in [3.8, 4) is 27.6 Å². The first kappa shape index (κ1) is 14.6. The van der Waals surface area contributed by atoms with Crippen LogP contribution in [0.5, 0.6) is 5.75 Å². The third-order valence-electron chi connectivity index (χ3n) is 2.92. The summed E-state index contributed by atoms with van der Waals surface area (Å²) in [5.41, 5.74) is 2.44. The molecule has 1 aromatic carbocycles. The summed E-state index contributed by atoms with van der Waals surface area (Å²) in [5, 5.41) is 9.14. The van der Waals surface area contributed by atoms with Crippen molar-refractivity contribution in [1.82, 2.24) is 10.2 Å². The Bertz CT molecular complexity index is 733. The number of halogens is 3. The number of rotatable bonds is 4. The largest absolute Gasteiger partial charge is 0.484 e. The average molecular weight is 324 g/mol. The van der Waals surface area contributed by atoms with Gasteiger partial charge in [-0.2, -0.15) is 18.3 Å². The Balaban J connectivity index is 1.73. The lowest BCUT2D eigenvalue weighted by atomic mass is 10.1. The summed E-state index contributed by atoms with van der Waals surface area (Å²) in [6.45, 7) is -1.29. The zero-order valence-electron chi connectivity index (χ0n) is 11.2. The van der Waals surface area contributed by atoms with E-state index in [0.29, 0.717) is 0 Å². The first-order valence-electron chi connectivity index (χ1n) is 6.40. The molecule has 1 N–H and O–H groups in total. The Hall–Kier alpha value is -2.28. The van der Waals surface area contributed by atoms with Crippen LogP contribution in [-0.2, 0) is 0 Å². The van der Waals surface area contributed by atoms with Gasteiger partial charge in [-0.15, -0.1) is 11.3 Å². The molecule has 0 unspecified atom stereocenters. The number of nitrogens with zero attached hydrogens (tertiary/aromatic N) is 1. The van der Waals surface area contributed by atoms with Gasteiger partial charge in [0.25, 0.3) is 0 Å². The van der Waals surface area contributed by atoms with Gasteiger partial charge in [0.15, 0.2) is 6.61 Å². The van der Waals surface area contributed by atoms with E-state index in [-0.39, 0.29) is 5.75 Å². The van der Waals surface area contributed by atoms with Crippen molar-refractivity contribution >= 4 is 11.3 Å². The molecule has 0 saturated heterocycles. The molecule has 0 fully saturated rings. The summed E-state index contributed by atoms with van der Waals surface area (Å²) >= 11 is 1.60. The molecule has 0 spiro atoms. The normalized spacial score (nSPS) is 11.6. The maximum atomic E-state index is 12.1. The van der Waals surface area contributed by atoms with E-state index in [1.165, 1.54) is 12.1 Å². The fraction of sp³-hybridized carbons (Fsp3) is 0.133. The van der Waals surface area contributed by atoms with Crippen molar-refractivity contribution in [3.63, 3.8) is 0 Å². The molecule has 0 aliphatic rings. The third kappa shape index (κ3) is 3.48.